The third-order valence-corrected chi connectivity index (χ3v) is 5.34. The van der Waals surface area contributed by atoms with Crippen LogP contribution in [-0.2, 0) is 14.8 Å². The van der Waals surface area contributed by atoms with E-state index in [9.17, 15) is 22.3 Å². The summed E-state index contributed by atoms with van der Waals surface area (Å²) in [7, 11) is -2.69. The molecule has 0 atom stereocenters. The minimum atomic E-state index is -3.99. The average Bonchev–Trinajstić information content (AvgIpc) is 2.42. The molecular weight excluding hydrogens is 304 g/mol. The van der Waals surface area contributed by atoms with E-state index in [4.69, 9.17) is 4.74 Å². The summed E-state index contributed by atoms with van der Waals surface area (Å²) in [5.74, 6) is -2.34. The Morgan fingerprint density at radius 3 is 2.48 bits per heavy atom. The quantitative estimate of drug-likeness (QED) is 0.903. The number of sulfonamides is 1. The monoisotopic (exact) mass is 321 g/mol. The van der Waals surface area contributed by atoms with E-state index in [-0.39, 0.29) is 11.4 Å². The van der Waals surface area contributed by atoms with Crippen LogP contribution in [-0.4, -0.2) is 50.2 Å². The summed E-state index contributed by atoms with van der Waals surface area (Å²) < 4.78 is 56.8. The van der Waals surface area contributed by atoms with Crippen LogP contribution < -0.4 is 0 Å². The first-order valence-electron chi connectivity index (χ1n) is 6.46. The molecule has 1 aliphatic heterocycles. The van der Waals surface area contributed by atoms with E-state index in [2.05, 4.69) is 0 Å². The summed E-state index contributed by atoms with van der Waals surface area (Å²) in [6, 6.07) is 2.40. The van der Waals surface area contributed by atoms with Crippen molar-refractivity contribution in [3.8, 4) is 0 Å². The van der Waals surface area contributed by atoms with Gasteiger partial charge in [0, 0.05) is 39.6 Å². The maximum absolute atomic E-state index is 13.2. The first-order valence-corrected chi connectivity index (χ1v) is 7.90. The van der Waals surface area contributed by atoms with E-state index in [1.165, 1.54) is 7.05 Å². The smallest absolute Gasteiger partial charge is 0.243 e. The van der Waals surface area contributed by atoms with Gasteiger partial charge in [0.2, 0.25) is 10.0 Å². The molecule has 118 valence electrons. The number of hydrogen-bond donors (Lipinski definition) is 1. The first-order chi connectivity index (χ1) is 9.74. The Bertz CT molecular complexity index is 615. The fourth-order valence-electron chi connectivity index (χ4n) is 2.23. The van der Waals surface area contributed by atoms with Crippen molar-refractivity contribution in [2.45, 2.75) is 23.3 Å². The molecule has 1 aromatic rings. The van der Waals surface area contributed by atoms with Crippen LogP contribution in [0.3, 0.4) is 0 Å². The largest absolute Gasteiger partial charge is 0.388 e. The van der Waals surface area contributed by atoms with Crippen LogP contribution in [0.4, 0.5) is 8.78 Å². The maximum Gasteiger partial charge on any atom is 0.243 e. The molecule has 1 saturated heterocycles. The van der Waals surface area contributed by atoms with Crippen molar-refractivity contribution in [2.75, 3.05) is 26.8 Å². The summed E-state index contributed by atoms with van der Waals surface area (Å²) in [5.41, 5.74) is -1.17. The number of nitrogens with zero attached hydrogens (tertiary/aromatic N) is 1. The van der Waals surface area contributed by atoms with E-state index in [0.717, 1.165) is 16.4 Å². The van der Waals surface area contributed by atoms with Crippen molar-refractivity contribution in [2.24, 2.45) is 0 Å². The molecule has 1 aliphatic rings. The van der Waals surface area contributed by atoms with Crippen molar-refractivity contribution in [3.05, 3.63) is 29.8 Å². The molecule has 0 radical (unpaired) electrons. The Labute approximate surface area is 122 Å². The second-order valence-electron chi connectivity index (χ2n) is 5.17. The lowest BCUT2D eigenvalue weighted by Crippen LogP contribution is -2.47. The average molecular weight is 321 g/mol. The predicted molar refractivity (Wildman–Crippen MR) is 71.2 cm³/mol. The molecule has 0 saturated carbocycles. The Morgan fingerprint density at radius 2 is 1.90 bits per heavy atom. The molecule has 1 fully saturated rings. The highest BCUT2D eigenvalue weighted by molar-refractivity contribution is 7.89. The lowest BCUT2D eigenvalue weighted by Gasteiger charge is -2.35. The third kappa shape index (κ3) is 3.57. The highest BCUT2D eigenvalue weighted by Crippen LogP contribution is 2.24. The van der Waals surface area contributed by atoms with Crippen LogP contribution in [0.25, 0.3) is 0 Å². The Balaban J connectivity index is 2.20. The van der Waals surface area contributed by atoms with Gasteiger partial charge in [-0.2, -0.15) is 4.31 Å². The van der Waals surface area contributed by atoms with Crippen LogP contribution in [0.5, 0.6) is 0 Å². The van der Waals surface area contributed by atoms with Crippen molar-refractivity contribution in [3.63, 3.8) is 0 Å². The molecule has 1 N–H and O–H groups in total. The van der Waals surface area contributed by atoms with Crippen LogP contribution in [0.15, 0.2) is 23.1 Å². The molecule has 0 spiro atoms. The van der Waals surface area contributed by atoms with Crippen molar-refractivity contribution in [1.29, 1.82) is 0 Å². The van der Waals surface area contributed by atoms with Gasteiger partial charge in [0.05, 0.1) is 10.5 Å². The zero-order chi connectivity index (χ0) is 15.7. The van der Waals surface area contributed by atoms with Gasteiger partial charge in [-0.1, -0.05) is 0 Å². The standard InChI is InChI=1S/C13H17F2NO4S/c1-16(9-13(17)4-6-20-7-5-13)21(18,19)10-2-3-11(14)12(15)8-10/h2-3,8,17H,4-7,9H2,1H3. The minimum Gasteiger partial charge on any atom is -0.388 e. The van der Waals surface area contributed by atoms with Gasteiger partial charge in [0.1, 0.15) is 0 Å². The van der Waals surface area contributed by atoms with Crippen LogP contribution in [0.2, 0.25) is 0 Å². The molecule has 0 aliphatic carbocycles. The number of hydrogen-bond acceptors (Lipinski definition) is 4. The Hall–Kier alpha value is -1.09. The van der Waals surface area contributed by atoms with Gasteiger partial charge in [0.25, 0.3) is 0 Å². The first kappa shape index (κ1) is 16.3. The molecule has 0 aromatic heterocycles. The predicted octanol–water partition coefficient (Wildman–Crippen LogP) is 1.13. The van der Waals surface area contributed by atoms with Gasteiger partial charge in [-0.05, 0) is 18.2 Å². The highest BCUT2D eigenvalue weighted by atomic mass is 32.2. The lowest BCUT2D eigenvalue weighted by atomic mass is 9.95. The second-order valence-corrected chi connectivity index (χ2v) is 7.22. The van der Waals surface area contributed by atoms with Gasteiger partial charge < -0.3 is 9.84 Å². The molecule has 1 heterocycles. The van der Waals surface area contributed by atoms with E-state index in [1.54, 1.807) is 0 Å². The van der Waals surface area contributed by atoms with Crippen molar-refractivity contribution in [1.82, 2.24) is 4.31 Å². The number of halogens is 2. The summed E-state index contributed by atoms with van der Waals surface area (Å²) in [4.78, 5) is -0.348. The van der Waals surface area contributed by atoms with Gasteiger partial charge >= 0.3 is 0 Å². The van der Waals surface area contributed by atoms with Gasteiger partial charge in [0.15, 0.2) is 11.6 Å². The van der Waals surface area contributed by atoms with Crippen LogP contribution >= 0.6 is 0 Å². The van der Waals surface area contributed by atoms with Gasteiger partial charge in [-0.25, -0.2) is 17.2 Å². The van der Waals surface area contributed by atoms with Crippen molar-refractivity contribution < 1.29 is 27.0 Å². The summed E-state index contributed by atoms with van der Waals surface area (Å²) in [6.07, 6.45) is 0.648. The summed E-state index contributed by atoms with van der Waals surface area (Å²) in [5, 5.41) is 10.3. The third-order valence-electron chi connectivity index (χ3n) is 3.54. The Kier molecular flexibility index (Phi) is 4.62. The molecule has 1 aromatic carbocycles. The van der Waals surface area contributed by atoms with E-state index < -0.39 is 27.3 Å². The molecule has 2 rings (SSSR count). The fraction of sp³-hybridized carbons (Fsp3) is 0.538. The van der Waals surface area contributed by atoms with Gasteiger partial charge in [-0.15, -0.1) is 0 Å². The number of likely N-dealkylation sites (N-methyl/N-ethyl adjacent to an activating group) is 1. The maximum atomic E-state index is 13.2. The summed E-state index contributed by atoms with van der Waals surface area (Å²) >= 11 is 0. The molecule has 0 unspecified atom stereocenters. The zero-order valence-corrected chi connectivity index (χ0v) is 12.4. The lowest BCUT2D eigenvalue weighted by molar-refractivity contribution is -0.0689. The zero-order valence-electron chi connectivity index (χ0n) is 11.6. The van der Waals surface area contributed by atoms with E-state index in [1.807, 2.05) is 0 Å². The van der Waals surface area contributed by atoms with E-state index in [0.29, 0.717) is 32.1 Å². The topological polar surface area (TPSA) is 66.8 Å². The van der Waals surface area contributed by atoms with Gasteiger partial charge in [-0.3, -0.25) is 0 Å². The minimum absolute atomic E-state index is 0.127. The van der Waals surface area contributed by atoms with E-state index >= 15 is 0 Å². The van der Waals surface area contributed by atoms with Crippen LogP contribution in [0.1, 0.15) is 12.8 Å². The number of rotatable bonds is 4. The molecule has 0 amide bonds. The molecule has 0 bridgehead atoms. The number of aliphatic hydroxyl groups is 1. The Morgan fingerprint density at radius 1 is 1.29 bits per heavy atom. The molecule has 5 nitrogen and oxygen atoms in total. The fourth-order valence-corrected chi connectivity index (χ4v) is 3.49. The van der Waals surface area contributed by atoms with Crippen LogP contribution in [0, 0.1) is 11.6 Å². The molecule has 8 heteroatoms. The SMILES string of the molecule is CN(CC1(O)CCOCC1)S(=O)(=O)c1ccc(F)c(F)c1. The second kappa shape index (κ2) is 5.96. The normalized spacial score (nSPS) is 18.9. The molecule has 21 heavy (non-hydrogen) atoms. The number of ether oxygens (including phenoxy) is 1. The highest BCUT2D eigenvalue weighted by Gasteiger charge is 2.35. The molecular formula is C13H17F2NO4S. The summed E-state index contributed by atoms with van der Waals surface area (Å²) in [6.45, 7) is 0.586. The number of benzene rings is 1. The van der Waals surface area contributed by atoms with Crippen molar-refractivity contribution >= 4 is 10.0 Å².